The normalized spacial score (nSPS) is 12.2. The van der Waals surface area contributed by atoms with Crippen molar-refractivity contribution in [2.75, 3.05) is 6.54 Å². The second-order valence-electron chi connectivity index (χ2n) is 8.23. The second kappa shape index (κ2) is 10.9. The summed E-state index contributed by atoms with van der Waals surface area (Å²) in [7, 11) is 0. The van der Waals surface area contributed by atoms with Crippen LogP contribution in [0.1, 0.15) is 28.2 Å². The van der Waals surface area contributed by atoms with Crippen LogP contribution in [0.2, 0.25) is 10.0 Å². The van der Waals surface area contributed by atoms with Crippen LogP contribution in [0.25, 0.3) is 0 Å². The minimum absolute atomic E-state index is 0.0295. The molecule has 0 aromatic heterocycles. The molecule has 0 saturated heterocycles. The summed E-state index contributed by atoms with van der Waals surface area (Å²) in [6.45, 7) is 0.338. The first-order valence-corrected chi connectivity index (χ1v) is 11.8. The van der Waals surface area contributed by atoms with Crippen LogP contribution in [0.4, 0.5) is 0 Å². The number of halogens is 2. The van der Waals surface area contributed by atoms with Gasteiger partial charge in [0.2, 0.25) is 0 Å². The Hall–Kier alpha value is -3.11. The molecule has 0 saturated carbocycles. The first-order chi connectivity index (χ1) is 16.5. The van der Waals surface area contributed by atoms with Gasteiger partial charge in [0.1, 0.15) is 0 Å². The van der Waals surface area contributed by atoms with Gasteiger partial charge >= 0.3 is 0 Å². The van der Waals surface area contributed by atoms with E-state index in [1.165, 1.54) is 0 Å². The molecule has 0 unspecified atom stereocenters. The van der Waals surface area contributed by atoms with E-state index in [9.17, 15) is 9.90 Å². The number of amides is 1. The van der Waals surface area contributed by atoms with Crippen molar-refractivity contribution in [2.24, 2.45) is 0 Å². The summed E-state index contributed by atoms with van der Waals surface area (Å²) in [4.78, 5) is 13.6. The van der Waals surface area contributed by atoms with E-state index in [0.717, 1.165) is 11.1 Å². The Morgan fingerprint density at radius 3 is 1.71 bits per heavy atom. The molecule has 0 heterocycles. The predicted molar refractivity (Wildman–Crippen MR) is 138 cm³/mol. The summed E-state index contributed by atoms with van der Waals surface area (Å²) in [6, 6.07) is 33.3. The van der Waals surface area contributed by atoms with Gasteiger partial charge in [-0.25, -0.2) is 0 Å². The lowest BCUT2D eigenvalue weighted by atomic mass is 9.85. The molecule has 0 spiro atoms. The molecule has 0 aliphatic heterocycles. The van der Waals surface area contributed by atoms with E-state index in [2.05, 4.69) is 5.32 Å². The molecule has 172 valence electrons. The Morgan fingerprint density at radius 2 is 1.21 bits per heavy atom. The molecule has 4 aromatic rings. The molecular weight excluding hydrogens is 465 g/mol. The molecule has 2 N–H and O–H groups in total. The quantitative estimate of drug-likeness (QED) is 0.302. The van der Waals surface area contributed by atoms with Gasteiger partial charge in [-0.1, -0.05) is 108 Å². The summed E-state index contributed by atoms with van der Waals surface area (Å²) in [6.07, 6.45) is 0.689. The summed E-state index contributed by atoms with van der Waals surface area (Å²) in [5.74, 6) is -0.502. The van der Waals surface area contributed by atoms with Crippen molar-refractivity contribution in [2.45, 2.75) is 17.9 Å². The molecule has 0 aliphatic carbocycles. The minimum Gasteiger partial charge on any atom is -0.372 e. The number of carbonyl (C=O) groups excluding carboxylic acids is 1. The zero-order chi connectivity index (χ0) is 24.0. The SMILES string of the molecule is O=C(NC[C@H](Cc1ccc(Cl)cc1)c1ccc(Cl)cc1)C(O)(c1ccccc1)c1ccccc1. The molecule has 0 bridgehead atoms. The van der Waals surface area contributed by atoms with E-state index >= 15 is 0 Å². The average molecular weight is 490 g/mol. The number of carbonyl (C=O) groups is 1. The number of rotatable bonds is 8. The van der Waals surface area contributed by atoms with E-state index < -0.39 is 11.5 Å². The van der Waals surface area contributed by atoms with Crippen LogP contribution in [0.15, 0.2) is 109 Å². The third-order valence-electron chi connectivity index (χ3n) is 5.96. The van der Waals surface area contributed by atoms with Crippen molar-refractivity contribution in [1.82, 2.24) is 5.32 Å². The molecule has 3 nitrogen and oxygen atoms in total. The summed E-state index contributed by atoms with van der Waals surface area (Å²) in [5.41, 5.74) is 1.36. The third kappa shape index (κ3) is 5.51. The maximum atomic E-state index is 13.6. The summed E-state index contributed by atoms with van der Waals surface area (Å²) in [5, 5.41) is 16.1. The number of hydrogen-bond donors (Lipinski definition) is 2. The van der Waals surface area contributed by atoms with Crippen molar-refractivity contribution in [1.29, 1.82) is 0 Å². The lowest BCUT2D eigenvalue weighted by molar-refractivity contribution is -0.136. The van der Waals surface area contributed by atoms with Gasteiger partial charge in [-0.2, -0.15) is 0 Å². The number of hydrogen-bond acceptors (Lipinski definition) is 2. The highest BCUT2D eigenvalue weighted by molar-refractivity contribution is 6.30. The standard InChI is InChI=1S/C29H25Cl2NO2/c30-26-15-11-21(12-16-26)19-23(22-13-17-27(31)18-14-22)20-32-28(33)29(34,24-7-3-1-4-8-24)25-9-5-2-6-10-25/h1-18,23,34H,19-20H2,(H,32,33)/t23-/m0/s1. The maximum Gasteiger partial charge on any atom is 0.261 e. The Kier molecular flexibility index (Phi) is 7.69. The van der Waals surface area contributed by atoms with E-state index in [4.69, 9.17) is 23.2 Å². The fourth-order valence-corrected chi connectivity index (χ4v) is 4.33. The van der Waals surface area contributed by atoms with Crippen LogP contribution in [0, 0.1) is 0 Å². The fourth-order valence-electron chi connectivity index (χ4n) is 4.08. The van der Waals surface area contributed by atoms with Gasteiger partial charge in [-0.05, 0) is 52.9 Å². The average Bonchev–Trinajstić information content (AvgIpc) is 2.88. The molecular formula is C29H25Cl2NO2. The molecule has 4 aromatic carbocycles. The van der Waals surface area contributed by atoms with Crippen LogP contribution < -0.4 is 5.32 Å². The molecule has 4 rings (SSSR count). The lowest BCUT2D eigenvalue weighted by Crippen LogP contribution is -2.46. The fraction of sp³-hybridized carbons (Fsp3) is 0.138. The highest BCUT2D eigenvalue weighted by Crippen LogP contribution is 2.30. The van der Waals surface area contributed by atoms with Gasteiger partial charge in [0.15, 0.2) is 5.60 Å². The first kappa shape index (κ1) is 24.0. The topological polar surface area (TPSA) is 49.3 Å². The van der Waals surface area contributed by atoms with Gasteiger partial charge < -0.3 is 10.4 Å². The molecule has 0 aliphatic rings. The number of benzene rings is 4. The molecule has 0 radical (unpaired) electrons. The molecule has 1 amide bonds. The lowest BCUT2D eigenvalue weighted by Gasteiger charge is -2.29. The van der Waals surface area contributed by atoms with Crippen molar-refractivity contribution in [3.8, 4) is 0 Å². The van der Waals surface area contributed by atoms with Gasteiger partial charge in [0, 0.05) is 22.5 Å². The van der Waals surface area contributed by atoms with E-state index in [1.807, 2.05) is 84.9 Å². The van der Waals surface area contributed by atoms with Crippen LogP contribution in [-0.4, -0.2) is 17.6 Å². The summed E-state index contributed by atoms with van der Waals surface area (Å²) >= 11 is 12.2. The van der Waals surface area contributed by atoms with Gasteiger partial charge in [-0.3, -0.25) is 4.79 Å². The van der Waals surface area contributed by atoms with Crippen LogP contribution in [0.3, 0.4) is 0 Å². The van der Waals surface area contributed by atoms with Crippen LogP contribution in [0.5, 0.6) is 0 Å². The zero-order valence-corrected chi connectivity index (χ0v) is 20.0. The number of aliphatic hydroxyl groups is 1. The van der Waals surface area contributed by atoms with Crippen LogP contribution in [-0.2, 0) is 16.8 Å². The molecule has 1 atom stereocenters. The summed E-state index contributed by atoms with van der Waals surface area (Å²) < 4.78 is 0. The predicted octanol–water partition coefficient (Wildman–Crippen LogP) is 6.37. The van der Waals surface area contributed by atoms with Crippen molar-refractivity contribution in [3.05, 3.63) is 141 Å². The van der Waals surface area contributed by atoms with Gasteiger partial charge in [-0.15, -0.1) is 0 Å². The zero-order valence-electron chi connectivity index (χ0n) is 18.5. The third-order valence-corrected chi connectivity index (χ3v) is 6.46. The minimum atomic E-state index is -1.81. The Labute approximate surface area is 210 Å². The monoisotopic (exact) mass is 489 g/mol. The molecule has 0 fully saturated rings. The van der Waals surface area contributed by atoms with E-state index in [0.29, 0.717) is 34.1 Å². The number of nitrogens with one attached hydrogen (secondary N) is 1. The Balaban J connectivity index is 1.61. The second-order valence-corrected chi connectivity index (χ2v) is 9.10. The Morgan fingerprint density at radius 1 is 0.735 bits per heavy atom. The van der Waals surface area contributed by atoms with E-state index in [1.54, 1.807) is 24.3 Å². The van der Waals surface area contributed by atoms with Gasteiger partial charge in [0.25, 0.3) is 5.91 Å². The van der Waals surface area contributed by atoms with E-state index in [-0.39, 0.29) is 5.92 Å². The first-order valence-electron chi connectivity index (χ1n) is 11.1. The smallest absolute Gasteiger partial charge is 0.261 e. The highest BCUT2D eigenvalue weighted by atomic mass is 35.5. The van der Waals surface area contributed by atoms with Crippen molar-refractivity contribution in [3.63, 3.8) is 0 Å². The molecule has 34 heavy (non-hydrogen) atoms. The largest absolute Gasteiger partial charge is 0.372 e. The maximum absolute atomic E-state index is 13.6. The highest BCUT2D eigenvalue weighted by Gasteiger charge is 2.39. The van der Waals surface area contributed by atoms with Crippen molar-refractivity contribution < 1.29 is 9.90 Å². The molecule has 5 heteroatoms. The van der Waals surface area contributed by atoms with Crippen LogP contribution >= 0.6 is 23.2 Å². The Bertz CT molecular complexity index is 1170. The van der Waals surface area contributed by atoms with Gasteiger partial charge in [0.05, 0.1) is 0 Å². The van der Waals surface area contributed by atoms with Crippen molar-refractivity contribution >= 4 is 29.1 Å².